The highest BCUT2D eigenvalue weighted by Gasteiger charge is 2.32. The zero-order valence-electron chi connectivity index (χ0n) is 18.6. The molecule has 0 saturated carbocycles. The average Bonchev–Trinajstić information content (AvgIpc) is 2.86. The number of anilines is 1. The van der Waals surface area contributed by atoms with E-state index in [0.717, 1.165) is 11.1 Å². The second kappa shape index (κ2) is 10.1. The van der Waals surface area contributed by atoms with E-state index in [1.165, 1.54) is 6.92 Å². The number of hydrogen-bond donors (Lipinski definition) is 1. The Bertz CT molecular complexity index is 1130. The van der Waals surface area contributed by atoms with Gasteiger partial charge in [0.15, 0.2) is 17.6 Å². The van der Waals surface area contributed by atoms with Crippen molar-refractivity contribution in [2.24, 2.45) is 0 Å². The molecule has 1 N–H and O–H groups in total. The lowest BCUT2D eigenvalue weighted by Crippen LogP contribution is -2.50. The molecule has 7 heteroatoms. The molecule has 1 atom stereocenters. The Morgan fingerprint density at radius 1 is 1.00 bits per heavy atom. The fourth-order valence-electron chi connectivity index (χ4n) is 3.65. The zero-order chi connectivity index (χ0) is 23.2. The smallest absolute Gasteiger partial charge is 0.263 e. The van der Waals surface area contributed by atoms with Crippen molar-refractivity contribution < 1.29 is 23.8 Å². The molecule has 1 aliphatic rings. The fourth-order valence-corrected chi connectivity index (χ4v) is 3.65. The predicted octanol–water partition coefficient (Wildman–Crippen LogP) is 3.70. The van der Waals surface area contributed by atoms with Crippen LogP contribution >= 0.6 is 0 Å². The average molecular weight is 447 g/mol. The summed E-state index contributed by atoms with van der Waals surface area (Å²) in [5.41, 5.74) is 2.58. The van der Waals surface area contributed by atoms with E-state index in [2.05, 4.69) is 5.32 Å². The number of nitrogens with one attached hydrogen (secondary N) is 1. The second-order valence-corrected chi connectivity index (χ2v) is 7.68. The third kappa shape index (κ3) is 5.26. The molecule has 0 unspecified atom stereocenters. The van der Waals surface area contributed by atoms with Gasteiger partial charge in [0.05, 0.1) is 19.3 Å². The van der Waals surface area contributed by atoms with Crippen LogP contribution in [0.15, 0.2) is 72.8 Å². The molecule has 0 spiro atoms. The van der Waals surface area contributed by atoms with Crippen molar-refractivity contribution in [3.8, 4) is 17.2 Å². The van der Waals surface area contributed by atoms with Crippen molar-refractivity contribution in [1.29, 1.82) is 0 Å². The first-order valence-corrected chi connectivity index (χ1v) is 10.7. The van der Waals surface area contributed by atoms with Gasteiger partial charge in [0, 0.05) is 13.5 Å². The first-order chi connectivity index (χ1) is 16.0. The summed E-state index contributed by atoms with van der Waals surface area (Å²) in [6.45, 7) is 2.36. The third-order valence-electron chi connectivity index (χ3n) is 5.38. The maximum absolute atomic E-state index is 12.8. The number of carbonyl (C=O) groups is 2. The normalized spacial score (nSPS) is 14.6. The van der Waals surface area contributed by atoms with E-state index in [9.17, 15) is 9.59 Å². The van der Waals surface area contributed by atoms with Gasteiger partial charge in [-0.05, 0) is 35.4 Å². The van der Waals surface area contributed by atoms with Crippen LogP contribution in [0.25, 0.3) is 0 Å². The largest absolute Gasteiger partial charge is 0.493 e. The second-order valence-electron chi connectivity index (χ2n) is 7.68. The van der Waals surface area contributed by atoms with Gasteiger partial charge in [0.25, 0.3) is 5.91 Å². The van der Waals surface area contributed by atoms with Crippen molar-refractivity contribution in [2.75, 3.05) is 18.6 Å². The highest BCUT2D eigenvalue weighted by Crippen LogP contribution is 2.33. The lowest BCUT2D eigenvalue weighted by atomic mass is 10.1. The summed E-state index contributed by atoms with van der Waals surface area (Å²) in [6, 6.07) is 22.6. The van der Waals surface area contributed by atoms with Crippen molar-refractivity contribution in [3.63, 3.8) is 0 Å². The maximum Gasteiger partial charge on any atom is 0.263 e. The minimum Gasteiger partial charge on any atom is -0.493 e. The number of methoxy groups -OCH3 is 1. The van der Waals surface area contributed by atoms with Crippen LogP contribution in [0.2, 0.25) is 0 Å². The molecule has 7 nitrogen and oxygen atoms in total. The molecule has 170 valence electrons. The van der Waals surface area contributed by atoms with Crippen LogP contribution in [0.4, 0.5) is 5.69 Å². The van der Waals surface area contributed by atoms with Gasteiger partial charge in [-0.15, -0.1) is 0 Å². The summed E-state index contributed by atoms with van der Waals surface area (Å²) >= 11 is 0. The van der Waals surface area contributed by atoms with E-state index >= 15 is 0 Å². The molecule has 0 saturated heterocycles. The van der Waals surface area contributed by atoms with Gasteiger partial charge in [-0.1, -0.05) is 48.5 Å². The van der Waals surface area contributed by atoms with Gasteiger partial charge in [-0.3, -0.25) is 9.59 Å². The minimum atomic E-state index is -0.792. The molecule has 0 bridgehead atoms. The van der Waals surface area contributed by atoms with Gasteiger partial charge < -0.3 is 24.4 Å². The van der Waals surface area contributed by atoms with Gasteiger partial charge in [-0.2, -0.15) is 0 Å². The van der Waals surface area contributed by atoms with Crippen molar-refractivity contribution in [3.05, 3.63) is 83.9 Å². The van der Waals surface area contributed by atoms with E-state index < -0.39 is 6.10 Å². The third-order valence-corrected chi connectivity index (χ3v) is 5.38. The van der Waals surface area contributed by atoms with Gasteiger partial charge in [0.2, 0.25) is 5.91 Å². The van der Waals surface area contributed by atoms with Crippen molar-refractivity contribution in [2.45, 2.75) is 26.2 Å². The molecule has 0 fully saturated rings. The summed E-state index contributed by atoms with van der Waals surface area (Å²) in [5, 5.41) is 2.89. The summed E-state index contributed by atoms with van der Waals surface area (Å²) in [6.07, 6.45) is -0.792. The van der Waals surface area contributed by atoms with Crippen LogP contribution in [0, 0.1) is 0 Å². The number of para-hydroxylation sites is 2. The molecular formula is C26H26N2O5. The van der Waals surface area contributed by atoms with Crippen molar-refractivity contribution >= 4 is 17.5 Å². The molecule has 0 aliphatic carbocycles. The number of carbonyl (C=O) groups excluding carboxylic acids is 2. The highest BCUT2D eigenvalue weighted by atomic mass is 16.5. The van der Waals surface area contributed by atoms with Crippen LogP contribution in [-0.4, -0.2) is 31.6 Å². The van der Waals surface area contributed by atoms with Gasteiger partial charge in [-0.25, -0.2) is 0 Å². The molecule has 33 heavy (non-hydrogen) atoms. The Hall–Kier alpha value is -4.00. The summed E-state index contributed by atoms with van der Waals surface area (Å²) in [5.74, 6) is 1.29. The minimum absolute atomic E-state index is 0.139. The standard InChI is InChI=1S/C26H26N2O5/c1-18(29)28-16-25(33-22-11-7-6-10-21(22)28)26(30)27-15-20-12-13-23(24(14-20)31-2)32-17-19-8-4-3-5-9-19/h3-14,25H,15-17H2,1-2H3,(H,27,30)/t25-/m1/s1. The maximum atomic E-state index is 12.8. The van der Waals surface area contributed by atoms with E-state index in [-0.39, 0.29) is 24.9 Å². The number of benzene rings is 3. The molecule has 1 aliphatic heterocycles. The van der Waals surface area contributed by atoms with E-state index in [1.54, 1.807) is 24.1 Å². The Morgan fingerprint density at radius 3 is 2.52 bits per heavy atom. The number of amides is 2. The summed E-state index contributed by atoms with van der Waals surface area (Å²) < 4.78 is 17.2. The fraction of sp³-hybridized carbons (Fsp3) is 0.231. The van der Waals surface area contributed by atoms with Gasteiger partial charge in [0.1, 0.15) is 12.4 Å². The predicted molar refractivity (Wildman–Crippen MR) is 124 cm³/mol. The van der Waals surface area contributed by atoms with Crippen LogP contribution in [-0.2, 0) is 22.7 Å². The lowest BCUT2D eigenvalue weighted by Gasteiger charge is -2.33. The highest BCUT2D eigenvalue weighted by molar-refractivity contribution is 5.95. The zero-order valence-corrected chi connectivity index (χ0v) is 18.6. The van der Waals surface area contributed by atoms with Crippen LogP contribution in [0.3, 0.4) is 0 Å². The lowest BCUT2D eigenvalue weighted by molar-refractivity contribution is -0.128. The first-order valence-electron chi connectivity index (χ1n) is 10.7. The quantitative estimate of drug-likeness (QED) is 0.599. The van der Waals surface area contributed by atoms with Crippen LogP contribution in [0.5, 0.6) is 17.2 Å². The number of fused-ring (bicyclic) bond motifs is 1. The molecule has 3 aromatic carbocycles. The van der Waals surface area contributed by atoms with Crippen LogP contribution < -0.4 is 24.4 Å². The number of hydrogen-bond acceptors (Lipinski definition) is 5. The van der Waals surface area contributed by atoms with E-state index in [0.29, 0.717) is 29.5 Å². The van der Waals surface area contributed by atoms with Crippen LogP contribution in [0.1, 0.15) is 18.1 Å². The molecule has 3 aromatic rings. The number of rotatable bonds is 7. The molecule has 0 aromatic heterocycles. The number of nitrogens with zero attached hydrogens (tertiary/aromatic N) is 1. The van der Waals surface area contributed by atoms with E-state index in [4.69, 9.17) is 14.2 Å². The Balaban J connectivity index is 1.38. The summed E-state index contributed by atoms with van der Waals surface area (Å²) in [7, 11) is 1.58. The Morgan fingerprint density at radius 2 is 1.76 bits per heavy atom. The number of ether oxygens (including phenoxy) is 3. The van der Waals surface area contributed by atoms with Crippen molar-refractivity contribution in [1.82, 2.24) is 5.32 Å². The molecule has 0 radical (unpaired) electrons. The summed E-state index contributed by atoms with van der Waals surface area (Å²) in [4.78, 5) is 26.4. The van der Waals surface area contributed by atoms with E-state index in [1.807, 2.05) is 60.7 Å². The Kier molecular flexibility index (Phi) is 6.78. The SMILES string of the molecule is COc1cc(CNC(=O)[C@H]2CN(C(C)=O)c3ccccc3O2)ccc1OCc1ccccc1. The molecule has 4 rings (SSSR count). The molecular weight excluding hydrogens is 420 g/mol. The first kappa shape index (κ1) is 22.2. The Labute approximate surface area is 192 Å². The van der Waals surface area contributed by atoms with Gasteiger partial charge >= 0.3 is 0 Å². The molecule has 1 heterocycles. The molecule has 2 amide bonds. The monoisotopic (exact) mass is 446 g/mol. The topological polar surface area (TPSA) is 77.1 Å².